The van der Waals surface area contributed by atoms with Gasteiger partial charge in [0.25, 0.3) is 0 Å². The van der Waals surface area contributed by atoms with Crippen LogP contribution in [0.25, 0.3) is 0 Å². The van der Waals surface area contributed by atoms with Crippen LogP contribution in [0.15, 0.2) is 11.6 Å². The molecule has 1 saturated heterocycles. The topological polar surface area (TPSA) is 153 Å². The number of rotatable bonds is 8. The Hall–Kier alpha value is -3.15. The lowest BCUT2D eigenvalue weighted by Crippen LogP contribution is -2.67. The minimum atomic E-state index is -1.46. The van der Waals surface area contributed by atoms with E-state index in [0.717, 1.165) is 33.3 Å². The summed E-state index contributed by atoms with van der Waals surface area (Å²) in [5.74, 6) is -2.85. The molecule has 1 aliphatic heterocycles. The largest absolute Gasteiger partial charge is 0.463 e. The molecule has 1 heterocycles. The van der Waals surface area contributed by atoms with Crippen molar-refractivity contribution in [2.24, 2.45) is 5.92 Å². The normalized spacial score (nSPS) is 28.5. The van der Waals surface area contributed by atoms with E-state index in [1.165, 1.54) is 0 Å². The summed E-state index contributed by atoms with van der Waals surface area (Å²) in [4.78, 5) is 58.8. The van der Waals surface area contributed by atoms with Gasteiger partial charge in [0, 0.05) is 33.6 Å². The molecule has 12 heteroatoms. The number of ether oxygens (including phenoxy) is 6. The van der Waals surface area contributed by atoms with Crippen LogP contribution < -0.4 is 5.32 Å². The van der Waals surface area contributed by atoms with Crippen LogP contribution in [0.1, 0.15) is 34.6 Å². The zero-order chi connectivity index (χ0) is 24.0. The Bertz CT molecular complexity index is 792. The Balaban J connectivity index is 2.28. The summed E-state index contributed by atoms with van der Waals surface area (Å²) >= 11 is 0. The molecule has 32 heavy (non-hydrogen) atoms. The number of carbonyl (C=O) groups excluding carboxylic acids is 5. The van der Waals surface area contributed by atoms with E-state index in [1.807, 2.05) is 13.0 Å². The number of hydrogen-bond acceptors (Lipinski definition) is 11. The van der Waals surface area contributed by atoms with E-state index in [9.17, 15) is 24.0 Å². The predicted octanol–water partition coefficient (Wildman–Crippen LogP) is 0.372. The van der Waals surface area contributed by atoms with E-state index in [2.05, 4.69) is 5.32 Å². The minimum Gasteiger partial charge on any atom is -0.463 e. The highest BCUT2D eigenvalue weighted by Crippen LogP contribution is 2.29. The Morgan fingerprint density at radius 2 is 1.41 bits per heavy atom. The fourth-order valence-corrected chi connectivity index (χ4v) is 3.11. The summed E-state index contributed by atoms with van der Waals surface area (Å²) in [6, 6.07) is -1.29. The quantitative estimate of drug-likeness (QED) is 0.305. The standard InChI is InChI=1S/C20H27NO11/c1-9-6-14(9)7-28-20(26)21-16-18(30-12(4)24)17(29-11(3)23)15(8-27-10(2)22)32-19(16)31-13(5)25/h6,14-19H,7-8H2,1-5H3,(H,21,26)/t14?,15-,16+,17-,18-,19+/m1/s1. The van der Waals surface area contributed by atoms with Crippen molar-refractivity contribution in [3.63, 3.8) is 0 Å². The van der Waals surface area contributed by atoms with Crippen molar-refractivity contribution >= 4 is 30.0 Å². The molecule has 0 spiro atoms. The highest BCUT2D eigenvalue weighted by molar-refractivity contribution is 5.70. The van der Waals surface area contributed by atoms with Crippen LogP contribution in [-0.2, 0) is 47.6 Å². The second-order valence-corrected chi connectivity index (χ2v) is 7.39. The summed E-state index contributed by atoms with van der Waals surface area (Å²) in [5, 5.41) is 2.45. The monoisotopic (exact) mass is 457 g/mol. The molecule has 2 aliphatic rings. The van der Waals surface area contributed by atoms with E-state index in [-0.39, 0.29) is 12.5 Å². The maximum Gasteiger partial charge on any atom is 0.407 e. The van der Waals surface area contributed by atoms with Gasteiger partial charge in [-0.2, -0.15) is 0 Å². The van der Waals surface area contributed by atoms with Crippen molar-refractivity contribution in [3.8, 4) is 0 Å². The van der Waals surface area contributed by atoms with Gasteiger partial charge in [0.1, 0.15) is 25.4 Å². The van der Waals surface area contributed by atoms with Crippen molar-refractivity contribution in [1.29, 1.82) is 0 Å². The Morgan fingerprint density at radius 1 is 0.844 bits per heavy atom. The van der Waals surface area contributed by atoms with E-state index in [0.29, 0.717) is 0 Å². The van der Waals surface area contributed by atoms with Gasteiger partial charge < -0.3 is 33.7 Å². The smallest absolute Gasteiger partial charge is 0.407 e. The van der Waals surface area contributed by atoms with Crippen molar-refractivity contribution in [3.05, 3.63) is 11.6 Å². The second kappa shape index (κ2) is 10.9. The van der Waals surface area contributed by atoms with Gasteiger partial charge in [0.15, 0.2) is 12.2 Å². The summed E-state index contributed by atoms with van der Waals surface area (Å²) in [6.07, 6.45) is -4.23. The van der Waals surface area contributed by atoms with Crippen LogP contribution in [0, 0.1) is 5.92 Å². The SMILES string of the molecule is CC(=O)OC[C@H]1O[C@H](OC(C)=O)[C@@H](NC(=O)OCC2C=C2C)[C@@H](OC(C)=O)[C@@H]1OC(C)=O. The van der Waals surface area contributed by atoms with Crippen LogP contribution in [0.5, 0.6) is 0 Å². The van der Waals surface area contributed by atoms with Gasteiger partial charge in [0.05, 0.1) is 0 Å². The summed E-state index contributed by atoms with van der Waals surface area (Å²) in [5.41, 5.74) is 1.08. The number of amides is 1. The first-order valence-electron chi connectivity index (χ1n) is 9.90. The van der Waals surface area contributed by atoms with Crippen LogP contribution in [0.2, 0.25) is 0 Å². The lowest BCUT2D eigenvalue weighted by atomic mass is 9.96. The van der Waals surface area contributed by atoms with Gasteiger partial charge in [-0.15, -0.1) is 0 Å². The maximum absolute atomic E-state index is 12.4. The van der Waals surface area contributed by atoms with Crippen LogP contribution in [0.4, 0.5) is 4.79 Å². The molecule has 0 bridgehead atoms. The summed E-state index contributed by atoms with van der Waals surface area (Å²) < 4.78 is 31.5. The average Bonchev–Trinajstić information content (AvgIpc) is 3.37. The molecule has 178 valence electrons. The summed E-state index contributed by atoms with van der Waals surface area (Å²) in [7, 11) is 0. The Morgan fingerprint density at radius 3 is 1.91 bits per heavy atom. The van der Waals surface area contributed by atoms with Gasteiger partial charge in [-0.05, 0) is 6.92 Å². The Labute approximate surface area is 184 Å². The van der Waals surface area contributed by atoms with E-state index < -0.39 is 67.2 Å². The van der Waals surface area contributed by atoms with Crippen molar-refractivity contribution in [2.45, 2.75) is 65.3 Å². The molecule has 1 N–H and O–H groups in total. The van der Waals surface area contributed by atoms with Crippen LogP contribution in [0.3, 0.4) is 0 Å². The molecule has 1 unspecified atom stereocenters. The van der Waals surface area contributed by atoms with Gasteiger partial charge in [-0.25, -0.2) is 4.79 Å². The first-order valence-corrected chi connectivity index (χ1v) is 9.90. The number of alkyl carbamates (subject to hydrolysis) is 1. The lowest BCUT2D eigenvalue weighted by molar-refractivity contribution is -0.270. The van der Waals surface area contributed by atoms with Crippen molar-refractivity contribution in [2.75, 3.05) is 13.2 Å². The zero-order valence-corrected chi connectivity index (χ0v) is 18.4. The van der Waals surface area contributed by atoms with Crippen LogP contribution >= 0.6 is 0 Å². The summed E-state index contributed by atoms with van der Waals surface area (Å²) in [6.45, 7) is 6.10. The molecular weight excluding hydrogens is 430 g/mol. The average molecular weight is 457 g/mol. The Kier molecular flexibility index (Phi) is 8.58. The maximum atomic E-state index is 12.4. The third-order valence-corrected chi connectivity index (χ3v) is 4.60. The fraction of sp³-hybridized carbons (Fsp3) is 0.650. The molecule has 1 fully saturated rings. The van der Waals surface area contributed by atoms with Crippen LogP contribution in [-0.4, -0.2) is 73.8 Å². The van der Waals surface area contributed by atoms with Gasteiger partial charge in [0.2, 0.25) is 6.29 Å². The van der Waals surface area contributed by atoms with Crippen molar-refractivity contribution < 1.29 is 52.4 Å². The number of hydrogen-bond donors (Lipinski definition) is 1. The van der Waals surface area contributed by atoms with Gasteiger partial charge >= 0.3 is 30.0 Å². The van der Waals surface area contributed by atoms with E-state index in [1.54, 1.807) is 0 Å². The molecule has 0 aromatic heterocycles. The minimum absolute atomic E-state index is 0.0544. The molecule has 0 aromatic carbocycles. The molecule has 6 atom stereocenters. The number of esters is 4. The highest BCUT2D eigenvalue weighted by atomic mass is 16.7. The fourth-order valence-electron chi connectivity index (χ4n) is 3.11. The zero-order valence-electron chi connectivity index (χ0n) is 18.4. The molecule has 12 nitrogen and oxygen atoms in total. The van der Waals surface area contributed by atoms with Gasteiger partial charge in [-0.3, -0.25) is 19.2 Å². The molecule has 0 aromatic rings. The molecule has 2 rings (SSSR count). The second-order valence-electron chi connectivity index (χ2n) is 7.39. The molecule has 0 saturated carbocycles. The lowest BCUT2D eigenvalue weighted by Gasteiger charge is -2.44. The predicted molar refractivity (Wildman–Crippen MR) is 104 cm³/mol. The van der Waals surface area contributed by atoms with E-state index >= 15 is 0 Å². The third-order valence-electron chi connectivity index (χ3n) is 4.60. The molecule has 1 aliphatic carbocycles. The number of nitrogens with one attached hydrogen (secondary N) is 1. The van der Waals surface area contributed by atoms with E-state index in [4.69, 9.17) is 28.4 Å². The number of carbonyl (C=O) groups is 5. The first-order chi connectivity index (χ1) is 15.0. The molecule has 0 radical (unpaired) electrons. The third kappa shape index (κ3) is 7.52. The van der Waals surface area contributed by atoms with Crippen molar-refractivity contribution in [1.82, 2.24) is 5.32 Å². The molecular formula is C20H27NO11. The first kappa shape index (κ1) is 25.1. The van der Waals surface area contributed by atoms with Gasteiger partial charge in [-0.1, -0.05) is 11.6 Å². The molecule has 1 amide bonds. The highest BCUT2D eigenvalue weighted by Gasteiger charge is 2.52.